The van der Waals surface area contributed by atoms with E-state index in [1.54, 1.807) is 6.33 Å². The third-order valence-corrected chi connectivity index (χ3v) is 13.2. The fraction of sp³-hybridized carbons (Fsp3) is 0.105. The third kappa shape index (κ3) is 7.31. The van der Waals surface area contributed by atoms with Crippen molar-refractivity contribution in [2.45, 2.75) is 7.43 Å². The van der Waals surface area contributed by atoms with E-state index < -0.39 is 0 Å². The zero-order valence-electron chi connectivity index (χ0n) is 39.3. The summed E-state index contributed by atoms with van der Waals surface area (Å²) in [5.74, 6) is 3.84. The molecule has 71 heavy (non-hydrogen) atoms. The van der Waals surface area contributed by atoms with E-state index in [2.05, 4.69) is 181 Å². The van der Waals surface area contributed by atoms with E-state index in [9.17, 15) is 0 Å². The normalized spacial score (nSPS) is 11.3. The Hall–Kier alpha value is -9.43. The van der Waals surface area contributed by atoms with Gasteiger partial charge in [-0.25, -0.2) is 15.0 Å². The minimum Gasteiger partial charge on any atom is -0.344 e. The highest BCUT2D eigenvalue weighted by molar-refractivity contribution is 6.07. The Morgan fingerprint density at radius 2 is 0.789 bits per heavy atom. The Kier molecular flexibility index (Phi) is 11.1. The predicted octanol–water partition coefficient (Wildman–Crippen LogP) is 11.8. The van der Waals surface area contributed by atoms with Crippen LogP contribution in [0.4, 0.5) is 0 Å². The first-order chi connectivity index (χ1) is 34.4. The first-order valence-electron chi connectivity index (χ1n) is 23.1. The summed E-state index contributed by atoms with van der Waals surface area (Å²) in [6.07, 6.45) is 9.42. The zero-order chi connectivity index (χ0) is 47.5. The van der Waals surface area contributed by atoms with Crippen LogP contribution in [-0.4, -0.2) is 65.6 Å². The Bertz CT molecular complexity index is 4350. The van der Waals surface area contributed by atoms with Crippen molar-refractivity contribution < 1.29 is 0 Å². The van der Waals surface area contributed by atoms with Gasteiger partial charge in [-0.3, -0.25) is 13.2 Å². The smallest absolute Gasteiger partial charge is 0.233 e. The summed E-state index contributed by atoms with van der Waals surface area (Å²) >= 11 is 0. The number of nitrogens with zero attached hydrogens (tertiary/aromatic N) is 14. The highest BCUT2D eigenvalue weighted by Gasteiger charge is 2.13. The van der Waals surface area contributed by atoms with Gasteiger partial charge in [-0.1, -0.05) is 104 Å². The molecular formula is C57H52N14. The van der Waals surface area contributed by atoms with Gasteiger partial charge in [-0.15, -0.1) is 0 Å². The van der Waals surface area contributed by atoms with Crippen LogP contribution in [0.2, 0.25) is 0 Å². The second-order valence-electron chi connectivity index (χ2n) is 17.2. The standard InChI is InChI=1S/C14H11N3.C13H11N.2C10H9N3.C9H8N4.CH4/c1-16-12-8-4-5-9-13(12)17-11-7-3-2-6-10(11)15-14(16)17;1-14-12-8-4-2-6-10(12)11-7-3-5-9-13(11)14;1-12-6-7-13-9-5-3-2-4-8(9)11-10(12)13;1-12-8-4-2-3-5-9(8)13-7-6-11-10(12)13;1-12-7-4-2-3-5-8(7)13-9(12)10-6-11-13;/h2-9H,1H3;2-9H,1H3;2*2-7H,1H3;2-6H,1H3;1H4. The van der Waals surface area contributed by atoms with E-state index in [1.165, 1.54) is 49.4 Å². The maximum atomic E-state index is 4.68. The highest BCUT2D eigenvalue weighted by Crippen LogP contribution is 2.28. The van der Waals surface area contributed by atoms with Crippen LogP contribution in [0.25, 0.3) is 100 Å². The SMILES string of the molecule is C.Cn1c2ccccc2c2ccccc21.Cn1c2ccccc2n2c3ccccc3nc12.Cn1c2ccccc2n2ccnc12.Cn1c2ccccc2n2ncnc12.Cn1ccn2c3ccccc3nc12. The predicted molar refractivity (Wildman–Crippen MR) is 289 cm³/mol. The summed E-state index contributed by atoms with van der Waals surface area (Å²) in [6, 6.07) is 58.2. The second-order valence-corrected chi connectivity index (χ2v) is 17.2. The molecule has 0 aliphatic carbocycles. The van der Waals surface area contributed by atoms with Crippen LogP contribution in [0.1, 0.15) is 7.43 Å². The molecule has 0 atom stereocenters. The molecule has 0 N–H and O–H groups in total. The lowest BCUT2D eigenvalue weighted by Crippen LogP contribution is -1.87. The fourth-order valence-electron chi connectivity index (χ4n) is 9.76. The van der Waals surface area contributed by atoms with Crippen molar-refractivity contribution in [1.29, 1.82) is 0 Å². The second kappa shape index (κ2) is 17.9. The number of fused-ring (bicyclic) bond motifs is 17. The molecule has 0 saturated carbocycles. The van der Waals surface area contributed by atoms with Gasteiger partial charge in [0, 0.05) is 81.8 Å². The number of hydrogen-bond donors (Lipinski definition) is 0. The summed E-state index contributed by atoms with van der Waals surface area (Å²) in [5.41, 5.74) is 14.1. The number of para-hydroxylation sites is 12. The van der Waals surface area contributed by atoms with Gasteiger partial charge in [-0.05, 0) is 72.8 Å². The van der Waals surface area contributed by atoms with Gasteiger partial charge in [0.1, 0.15) is 6.33 Å². The van der Waals surface area contributed by atoms with Crippen LogP contribution in [0.3, 0.4) is 0 Å². The summed E-state index contributed by atoms with van der Waals surface area (Å²) < 4.78 is 18.8. The summed E-state index contributed by atoms with van der Waals surface area (Å²) in [7, 11) is 10.2. The van der Waals surface area contributed by atoms with Crippen molar-refractivity contribution in [3.8, 4) is 0 Å². The van der Waals surface area contributed by atoms with Gasteiger partial charge in [-0.2, -0.15) is 14.6 Å². The number of benzene rings is 7. The molecule has 0 amide bonds. The molecule has 7 aromatic carbocycles. The number of aryl methyl sites for hydroxylation is 5. The molecule has 9 heterocycles. The topological polar surface area (TPSA) is 107 Å². The van der Waals surface area contributed by atoms with Gasteiger partial charge in [0.2, 0.25) is 23.1 Å². The Balaban J connectivity index is 0.0000000963. The van der Waals surface area contributed by atoms with Gasteiger partial charge >= 0.3 is 0 Å². The summed E-state index contributed by atoms with van der Waals surface area (Å²) in [6.45, 7) is 0. The van der Waals surface area contributed by atoms with Crippen LogP contribution in [0.5, 0.6) is 0 Å². The van der Waals surface area contributed by atoms with E-state index in [0.29, 0.717) is 0 Å². The van der Waals surface area contributed by atoms with Crippen molar-refractivity contribution in [1.82, 2.24) is 65.6 Å². The molecule has 16 aromatic rings. The highest BCUT2D eigenvalue weighted by atomic mass is 15.4. The number of hydrogen-bond acceptors (Lipinski definition) is 5. The zero-order valence-corrected chi connectivity index (χ0v) is 39.3. The van der Waals surface area contributed by atoms with E-state index in [1.807, 2.05) is 114 Å². The summed E-state index contributed by atoms with van der Waals surface area (Å²) in [5, 5.41) is 6.83. The van der Waals surface area contributed by atoms with Crippen LogP contribution < -0.4 is 0 Å². The quantitative estimate of drug-likeness (QED) is 0.151. The molecule has 16 rings (SSSR count). The largest absolute Gasteiger partial charge is 0.344 e. The molecule has 0 aliphatic rings. The lowest BCUT2D eigenvalue weighted by molar-refractivity contribution is 0.940. The van der Waals surface area contributed by atoms with E-state index in [-0.39, 0.29) is 7.43 Å². The lowest BCUT2D eigenvalue weighted by atomic mass is 10.2. The minimum absolute atomic E-state index is 0. The molecule has 0 radical (unpaired) electrons. The van der Waals surface area contributed by atoms with Crippen molar-refractivity contribution in [2.24, 2.45) is 35.2 Å². The molecule has 0 aliphatic heterocycles. The monoisotopic (exact) mass is 932 g/mol. The van der Waals surface area contributed by atoms with E-state index in [4.69, 9.17) is 0 Å². The van der Waals surface area contributed by atoms with Crippen LogP contribution in [0, 0.1) is 0 Å². The molecule has 0 spiro atoms. The van der Waals surface area contributed by atoms with Crippen LogP contribution >= 0.6 is 0 Å². The number of rotatable bonds is 0. The van der Waals surface area contributed by atoms with Crippen molar-refractivity contribution in [3.05, 3.63) is 201 Å². The van der Waals surface area contributed by atoms with Crippen LogP contribution in [-0.2, 0) is 35.2 Å². The molecule has 0 fully saturated rings. The molecule has 14 heteroatoms. The molecule has 350 valence electrons. The Morgan fingerprint density at radius 3 is 1.45 bits per heavy atom. The molecule has 0 unspecified atom stereocenters. The van der Waals surface area contributed by atoms with Crippen molar-refractivity contribution in [3.63, 3.8) is 0 Å². The van der Waals surface area contributed by atoms with Gasteiger partial charge in [0.05, 0.1) is 55.2 Å². The first-order valence-corrected chi connectivity index (χ1v) is 23.1. The van der Waals surface area contributed by atoms with Gasteiger partial charge in [0.25, 0.3) is 0 Å². The van der Waals surface area contributed by atoms with Crippen molar-refractivity contribution >= 4 is 100 Å². The summed E-state index contributed by atoms with van der Waals surface area (Å²) in [4.78, 5) is 17.6. The third-order valence-electron chi connectivity index (χ3n) is 13.2. The van der Waals surface area contributed by atoms with Crippen molar-refractivity contribution in [2.75, 3.05) is 0 Å². The first kappa shape index (κ1) is 44.1. The maximum Gasteiger partial charge on any atom is 0.233 e. The van der Waals surface area contributed by atoms with Gasteiger partial charge in [0.15, 0.2) is 0 Å². The van der Waals surface area contributed by atoms with E-state index >= 15 is 0 Å². The molecular weight excluding hydrogens is 881 g/mol. The Labute approximate surface area is 407 Å². The number of aromatic nitrogens is 14. The fourth-order valence-corrected chi connectivity index (χ4v) is 9.76. The molecule has 9 aromatic heterocycles. The lowest BCUT2D eigenvalue weighted by Gasteiger charge is -1.95. The van der Waals surface area contributed by atoms with Gasteiger partial charge < -0.3 is 22.8 Å². The maximum absolute atomic E-state index is 4.68. The average molecular weight is 933 g/mol. The van der Waals surface area contributed by atoms with E-state index in [0.717, 1.165) is 50.7 Å². The molecule has 0 saturated heterocycles. The Morgan fingerprint density at radius 1 is 0.338 bits per heavy atom. The van der Waals surface area contributed by atoms with Crippen LogP contribution in [0.15, 0.2) is 201 Å². The number of imidazole rings is 7. The average Bonchev–Trinajstić information content (AvgIpc) is 4.30. The minimum atomic E-state index is 0. The molecule has 14 nitrogen and oxygen atoms in total. The molecule has 0 bridgehead atoms.